The van der Waals surface area contributed by atoms with Gasteiger partial charge in [0.05, 0.1) is 25.8 Å². The van der Waals surface area contributed by atoms with Crippen molar-refractivity contribution < 1.29 is 52.6 Å². The van der Waals surface area contributed by atoms with Gasteiger partial charge in [0.25, 0.3) is 0 Å². The standard InChI is InChI=1S/C17H29NO5S.C16H29NO4S.C16H15NO2.C2H7N/c1-5-14(20)8-13(9-23-17(22)7-3)10-24-11-15(12(4)19)18-16(21)6-2;1-5-14(18)7-13(9-21-16(20)6-2)11-22-10-12(3)15(19)8-17-4;1-17-16(18)19-10-15-13-8-4-2-6-11(13)12-7-3-5-9-14(12)15;1-3-2/h13,15H,5-11H2,1-4H3,(H,18,21);12-13,17H,5-11H2,1-4H3;2-9,15H,10H2,1H3,(H,17,18);3H,1-2H3/t13-,15-;12-,13-;;/m00../s1. The topological polar surface area (TPSA) is 212 Å². The number of ether oxygens (including phenoxy) is 3. The van der Waals surface area contributed by atoms with Gasteiger partial charge >= 0.3 is 18.0 Å². The number of fused-ring (bicyclic) bond motifs is 3. The zero-order chi connectivity index (χ0) is 51.4. The number of carbonyl (C=O) groups excluding carboxylic acids is 8. The first kappa shape index (κ1) is 63.4. The second kappa shape index (κ2) is 38.3. The quantitative estimate of drug-likeness (QED) is 0.0490. The molecule has 0 saturated heterocycles. The first-order valence-corrected chi connectivity index (χ1v) is 25.9. The number of carbonyl (C=O) groups is 8. The Morgan fingerprint density at radius 2 is 1.07 bits per heavy atom. The second-order valence-corrected chi connectivity index (χ2v) is 18.3. The summed E-state index contributed by atoms with van der Waals surface area (Å²) in [6.07, 6.45) is 2.32. The fourth-order valence-electron chi connectivity index (χ4n) is 6.32. The van der Waals surface area contributed by atoms with Gasteiger partial charge in [-0.1, -0.05) is 90.1 Å². The van der Waals surface area contributed by atoms with Crippen molar-refractivity contribution in [3.8, 4) is 11.1 Å². The molecule has 17 heteroatoms. The van der Waals surface area contributed by atoms with Crippen molar-refractivity contribution in [2.45, 2.75) is 105 Å². The van der Waals surface area contributed by atoms with Crippen LogP contribution in [-0.2, 0) is 47.8 Å². The van der Waals surface area contributed by atoms with E-state index in [-0.39, 0.29) is 84.0 Å². The molecule has 0 spiro atoms. The average Bonchev–Trinajstić information content (AvgIpc) is 3.66. The van der Waals surface area contributed by atoms with Crippen LogP contribution in [0.5, 0.6) is 0 Å². The maximum Gasteiger partial charge on any atom is 0.406 e. The van der Waals surface area contributed by atoms with Crippen molar-refractivity contribution in [2.24, 2.45) is 17.8 Å². The largest absolute Gasteiger partial charge is 0.465 e. The SMILES string of the molecule is CCC(=O)C[C@@H](COC(=O)CC)CSC[C@H](C)C(=O)CNC.CCC(=O)C[C@@H](COC(=O)CC)CSC[C@H](NC(=O)CC)C(C)=O.CNC.CNC(=O)OCC1c2ccccc2-c2ccccc21. The normalized spacial score (nSPS) is 12.8. The number of benzene rings is 2. The van der Waals surface area contributed by atoms with Crippen molar-refractivity contribution in [3.63, 3.8) is 0 Å². The summed E-state index contributed by atoms with van der Waals surface area (Å²) in [5.74, 6) is 2.25. The molecule has 68 heavy (non-hydrogen) atoms. The molecule has 0 unspecified atom stereocenters. The van der Waals surface area contributed by atoms with Crippen molar-refractivity contribution in [1.82, 2.24) is 21.3 Å². The number of rotatable bonds is 28. The maximum atomic E-state index is 11.7. The Kier molecular flexibility index (Phi) is 35.7. The third kappa shape index (κ3) is 26.8. The predicted octanol–water partition coefficient (Wildman–Crippen LogP) is 7.22. The summed E-state index contributed by atoms with van der Waals surface area (Å²) in [5, 5.41) is 10.8. The molecule has 2 amide bonds. The van der Waals surface area contributed by atoms with Crippen molar-refractivity contribution in [2.75, 3.05) is 77.6 Å². The van der Waals surface area contributed by atoms with Crippen LogP contribution < -0.4 is 21.3 Å². The Hall–Kier alpha value is -4.58. The Bertz CT molecular complexity index is 1800. The molecule has 1 aliphatic rings. The molecule has 1 aliphatic carbocycles. The molecule has 2 aromatic carbocycles. The highest BCUT2D eigenvalue weighted by Gasteiger charge is 2.29. The van der Waals surface area contributed by atoms with Crippen molar-refractivity contribution in [3.05, 3.63) is 59.7 Å². The van der Waals surface area contributed by atoms with Gasteiger partial charge < -0.3 is 35.5 Å². The van der Waals surface area contributed by atoms with Gasteiger partial charge in [0.2, 0.25) is 5.91 Å². The lowest BCUT2D eigenvalue weighted by Crippen LogP contribution is -2.41. The molecule has 4 N–H and O–H groups in total. The lowest BCUT2D eigenvalue weighted by Gasteiger charge is -2.19. The summed E-state index contributed by atoms with van der Waals surface area (Å²) in [6, 6.07) is 16.1. The lowest BCUT2D eigenvalue weighted by atomic mass is 9.98. The number of thioether (sulfide) groups is 2. The molecular formula is C51H80N4O11S2. The van der Waals surface area contributed by atoms with E-state index in [0.717, 1.165) is 11.5 Å². The van der Waals surface area contributed by atoms with Crippen LogP contribution in [-0.4, -0.2) is 131 Å². The van der Waals surface area contributed by atoms with Crippen LogP contribution in [0.3, 0.4) is 0 Å². The molecule has 0 saturated carbocycles. The minimum absolute atomic E-state index is 0.0156. The summed E-state index contributed by atoms with van der Waals surface area (Å²) in [6.45, 7) is 13.4. The van der Waals surface area contributed by atoms with Gasteiger partial charge in [-0.2, -0.15) is 23.5 Å². The van der Waals surface area contributed by atoms with Crippen molar-refractivity contribution in [1.29, 1.82) is 0 Å². The van der Waals surface area contributed by atoms with Gasteiger partial charge in [0.1, 0.15) is 24.0 Å². The van der Waals surface area contributed by atoms with E-state index in [1.54, 1.807) is 53.6 Å². The van der Waals surface area contributed by atoms with E-state index in [2.05, 4.69) is 45.5 Å². The van der Waals surface area contributed by atoms with E-state index in [1.165, 1.54) is 40.9 Å². The van der Waals surface area contributed by atoms with E-state index in [4.69, 9.17) is 14.2 Å². The lowest BCUT2D eigenvalue weighted by molar-refractivity contribution is -0.145. The fraction of sp³-hybridized carbons (Fsp3) is 0.608. The van der Waals surface area contributed by atoms with Crippen LogP contribution in [0.1, 0.15) is 110 Å². The van der Waals surface area contributed by atoms with Crippen LogP contribution in [0.2, 0.25) is 0 Å². The van der Waals surface area contributed by atoms with Gasteiger partial charge in [0.15, 0.2) is 5.78 Å². The van der Waals surface area contributed by atoms with Gasteiger partial charge in [-0.3, -0.25) is 33.6 Å². The van der Waals surface area contributed by atoms with Crippen LogP contribution in [0, 0.1) is 17.8 Å². The molecule has 4 atom stereocenters. The molecule has 2 aromatic rings. The van der Waals surface area contributed by atoms with Crippen LogP contribution in [0.4, 0.5) is 4.79 Å². The number of Topliss-reactive ketones (excluding diaryl/α,β-unsaturated/α-hetero) is 4. The zero-order valence-electron chi connectivity index (χ0n) is 42.4. The molecule has 0 aliphatic heterocycles. The van der Waals surface area contributed by atoms with E-state index < -0.39 is 6.04 Å². The van der Waals surface area contributed by atoms with Gasteiger partial charge in [-0.05, 0) is 61.8 Å². The molecule has 0 aromatic heterocycles. The number of likely N-dealkylation sites (N-methyl/N-ethyl adjacent to an activating group) is 1. The number of esters is 2. The van der Waals surface area contributed by atoms with Crippen LogP contribution >= 0.6 is 23.5 Å². The first-order chi connectivity index (χ1) is 32.5. The van der Waals surface area contributed by atoms with Gasteiger partial charge in [-0.25, -0.2) is 4.79 Å². The third-order valence-corrected chi connectivity index (χ3v) is 13.0. The summed E-state index contributed by atoms with van der Waals surface area (Å²) in [5.41, 5.74) is 4.94. The van der Waals surface area contributed by atoms with E-state index in [9.17, 15) is 38.4 Å². The van der Waals surface area contributed by atoms with Crippen molar-refractivity contribution >= 4 is 70.6 Å². The minimum Gasteiger partial charge on any atom is -0.465 e. The monoisotopic (exact) mass is 989 g/mol. The summed E-state index contributed by atoms with van der Waals surface area (Å²) in [4.78, 5) is 91.8. The molecule has 0 fully saturated rings. The fourth-order valence-corrected chi connectivity index (χ4v) is 8.78. The smallest absolute Gasteiger partial charge is 0.406 e. The number of nitrogens with one attached hydrogen (secondary N) is 4. The highest BCUT2D eigenvalue weighted by molar-refractivity contribution is 7.99. The molecule has 0 radical (unpaired) electrons. The van der Waals surface area contributed by atoms with Gasteiger partial charge in [0, 0.05) is 87.2 Å². The summed E-state index contributed by atoms with van der Waals surface area (Å²) < 4.78 is 15.5. The molecule has 15 nitrogen and oxygen atoms in total. The number of ketones is 4. The molecule has 0 heterocycles. The number of hydrogen-bond acceptors (Lipinski definition) is 15. The molecule has 382 valence electrons. The molecule has 3 rings (SSSR count). The van der Waals surface area contributed by atoms with Gasteiger partial charge in [-0.15, -0.1) is 0 Å². The third-order valence-electron chi connectivity index (χ3n) is 10.3. The second-order valence-electron chi connectivity index (χ2n) is 16.1. The Morgan fingerprint density at radius 3 is 1.47 bits per heavy atom. The average molecular weight is 989 g/mol. The molecular weight excluding hydrogens is 909 g/mol. The number of alkyl carbamates (subject to hydrolysis) is 1. The first-order valence-electron chi connectivity index (χ1n) is 23.6. The van der Waals surface area contributed by atoms with E-state index in [0.29, 0.717) is 69.6 Å². The van der Waals surface area contributed by atoms with E-state index >= 15 is 0 Å². The Morgan fingerprint density at radius 1 is 0.618 bits per heavy atom. The Balaban J connectivity index is 0.000000964. The minimum atomic E-state index is -0.525. The van der Waals surface area contributed by atoms with E-state index in [1.807, 2.05) is 52.2 Å². The highest BCUT2D eigenvalue weighted by atomic mass is 32.2. The van der Waals surface area contributed by atoms with Crippen LogP contribution in [0.25, 0.3) is 11.1 Å². The molecule has 0 bridgehead atoms. The Labute approximate surface area is 414 Å². The van der Waals surface area contributed by atoms with Crippen LogP contribution in [0.15, 0.2) is 48.5 Å². The highest BCUT2D eigenvalue weighted by Crippen LogP contribution is 2.44. The zero-order valence-corrected chi connectivity index (χ0v) is 44.1. The predicted molar refractivity (Wildman–Crippen MR) is 274 cm³/mol. The maximum absolute atomic E-state index is 11.7. The number of amides is 2. The summed E-state index contributed by atoms with van der Waals surface area (Å²) in [7, 11) is 7.07. The number of hydrogen-bond donors (Lipinski definition) is 4. The summed E-state index contributed by atoms with van der Waals surface area (Å²) >= 11 is 3.13.